The molecule has 0 bridgehead atoms. The van der Waals surface area contributed by atoms with E-state index in [-0.39, 0.29) is 11.9 Å². The van der Waals surface area contributed by atoms with Gasteiger partial charge in [0.2, 0.25) is 11.8 Å². The molecule has 0 spiro atoms. The SMILES string of the molecule is Cc1cc(C)n(CC2CN(Cc3nnc(-c4ccc(F)cc4)o3)CCO2)n1. The van der Waals surface area contributed by atoms with Crippen LogP contribution in [0.5, 0.6) is 0 Å². The number of rotatable bonds is 5. The van der Waals surface area contributed by atoms with E-state index >= 15 is 0 Å². The van der Waals surface area contributed by atoms with Crippen molar-refractivity contribution >= 4 is 0 Å². The van der Waals surface area contributed by atoms with E-state index in [9.17, 15) is 4.39 Å². The van der Waals surface area contributed by atoms with E-state index in [2.05, 4.69) is 33.2 Å². The lowest BCUT2D eigenvalue weighted by Gasteiger charge is -2.32. The monoisotopic (exact) mass is 371 g/mol. The second kappa shape index (κ2) is 7.58. The quantitative estimate of drug-likeness (QED) is 0.687. The van der Waals surface area contributed by atoms with Gasteiger partial charge in [0.1, 0.15) is 5.82 Å². The maximum atomic E-state index is 13.0. The molecule has 1 aliphatic heterocycles. The Bertz CT molecular complexity index is 905. The van der Waals surface area contributed by atoms with Gasteiger partial charge in [0, 0.05) is 24.3 Å². The first-order valence-electron chi connectivity index (χ1n) is 9.00. The third-order valence-electron chi connectivity index (χ3n) is 4.62. The first-order chi connectivity index (χ1) is 13.1. The van der Waals surface area contributed by atoms with Crippen molar-refractivity contribution in [2.75, 3.05) is 19.7 Å². The molecule has 0 radical (unpaired) electrons. The normalized spacial score (nSPS) is 18.1. The number of benzene rings is 1. The fourth-order valence-corrected chi connectivity index (χ4v) is 3.31. The van der Waals surface area contributed by atoms with Crippen LogP contribution < -0.4 is 0 Å². The Hall–Kier alpha value is -2.58. The second-order valence-electron chi connectivity index (χ2n) is 6.84. The van der Waals surface area contributed by atoms with Crippen molar-refractivity contribution in [3.63, 3.8) is 0 Å². The van der Waals surface area contributed by atoms with Gasteiger partial charge < -0.3 is 9.15 Å². The predicted octanol–water partition coefficient (Wildman–Crippen LogP) is 2.59. The molecule has 0 saturated carbocycles. The van der Waals surface area contributed by atoms with Gasteiger partial charge in [-0.25, -0.2) is 4.39 Å². The van der Waals surface area contributed by atoms with Crippen molar-refractivity contribution in [3.05, 3.63) is 53.4 Å². The first-order valence-corrected chi connectivity index (χ1v) is 9.00. The number of hydrogen-bond acceptors (Lipinski definition) is 6. The lowest BCUT2D eigenvalue weighted by atomic mass is 10.2. The summed E-state index contributed by atoms with van der Waals surface area (Å²) >= 11 is 0. The summed E-state index contributed by atoms with van der Waals surface area (Å²) in [6.07, 6.45) is 0.0660. The van der Waals surface area contributed by atoms with Gasteiger partial charge in [-0.15, -0.1) is 10.2 Å². The smallest absolute Gasteiger partial charge is 0.247 e. The highest BCUT2D eigenvalue weighted by Crippen LogP contribution is 2.19. The molecule has 1 aromatic carbocycles. The molecule has 1 aliphatic rings. The van der Waals surface area contributed by atoms with E-state index in [4.69, 9.17) is 9.15 Å². The molecule has 7 nitrogen and oxygen atoms in total. The molecule has 1 fully saturated rings. The van der Waals surface area contributed by atoms with Crippen molar-refractivity contribution < 1.29 is 13.5 Å². The molecule has 3 aromatic rings. The van der Waals surface area contributed by atoms with Crippen LogP contribution in [0.15, 0.2) is 34.7 Å². The number of aryl methyl sites for hydroxylation is 2. The number of ether oxygens (including phenoxy) is 1. The zero-order valence-electron chi connectivity index (χ0n) is 15.4. The average molecular weight is 371 g/mol. The number of hydrogen-bond donors (Lipinski definition) is 0. The van der Waals surface area contributed by atoms with Gasteiger partial charge >= 0.3 is 0 Å². The van der Waals surface area contributed by atoms with Crippen molar-refractivity contribution in [1.82, 2.24) is 24.9 Å². The summed E-state index contributed by atoms with van der Waals surface area (Å²) in [6, 6.07) is 8.09. The minimum absolute atomic E-state index is 0.0660. The Morgan fingerprint density at radius 1 is 1.19 bits per heavy atom. The van der Waals surface area contributed by atoms with Crippen LogP contribution in [0.25, 0.3) is 11.5 Å². The Morgan fingerprint density at radius 2 is 2.00 bits per heavy atom. The van der Waals surface area contributed by atoms with E-state index in [1.54, 1.807) is 12.1 Å². The molecule has 2 aromatic heterocycles. The number of aromatic nitrogens is 4. The number of morpholine rings is 1. The van der Waals surface area contributed by atoms with Gasteiger partial charge in [-0.1, -0.05) is 0 Å². The predicted molar refractivity (Wildman–Crippen MR) is 96.4 cm³/mol. The largest absolute Gasteiger partial charge is 0.419 e. The molecular weight excluding hydrogens is 349 g/mol. The summed E-state index contributed by atoms with van der Waals surface area (Å²) < 4.78 is 26.7. The maximum absolute atomic E-state index is 13.0. The minimum atomic E-state index is -0.291. The van der Waals surface area contributed by atoms with Gasteiger partial charge in [0.05, 0.1) is 31.5 Å². The maximum Gasteiger partial charge on any atom is 0.247 e. The molecule has 1 atom stereocenters. The molecule has 0 N–H and O–H groups in total. The van der Waals surface area contributed by atoms with Gasteiger partial charge in [-0.2, -0.15) is 5.10 Å². The highest BCUT2D eigenvalue weighted by atomic mass is 19.1. The van der Waals surface area contributed by atoms with E-state index in [0.29, 0.717) is 30.5 Å². The van der Waals surface area contributed by atoms with E-state index in [1.165, 1.54) is 12.1 Å². The van der Waals surface area contributed by atoms with E-state index < -0.39 is 0 Å². The molecule has 0 aliphatic carbocycles. The van der Waals surface area contributed by atoms with Crippen LogP contribution in [0.3, 0.4) is 0 Å². The molecule has 4 rings (SSSR count). The second-order valence-corrected chi connectivity index (χ2v) is 6.84. The van der Waals surface area contributed by atoms with Gasteiger partial charge in [0.15, 0.2) is 0 Å². The third kappa shape index (κ3) is 4.23. The summed E-state index contributed by atoms with van der Waals surface area (Å²) in [5.41, 5.74) is 2.85. The van der Waals surface area contributed by atoms with Crippen molar-refractivity contribution in [2.24, 2.45) is 0 Å². The summed E-state index contributed by atoms with van der Waals surface area (Å²) in [6.45, 7) is 7.56. The Balaban J connectivity index is 1.38. The Morgan fingerprint density at radius 3 is 2.74 bits per heavy atom. The first kappa shape index (κ1) is 17.8. The van der Waals surface area contributed by atoms with E-state index in [0.717, 1.165) is 31.0 Å². The van der Waals surface area contributed by atoms with Gasteiger partial charge in [-0.05, 0) is 44.2 Å². The van der Waals surface area contributed by atoms with Crippen molar-refractivity contribution in [3.8, 4) is 11.5 Å². The van der Waals surface area contributed by atoms with Crippen LogP contribution in [0.1, 0.15) is 17.3 Å². The number of halogens is 1. The van der Waals surface area contributed by atoms with Crippen LogP contribution in [-0.2, 0) is 17.8 Å². The van der Waals surface area contributed by atoms with Crippen LogP contribution in [-0.4, -0.2) is 50.7 Å². The zero-order valence-corrected chi connectivity index (χ0v) is 15.4. The third-order valence-corrected chi connectivity index (χ3v) is 4.62. The topological polar surface area (TPSA) is 69.2 Å². The molecular formula is C19H22FN5O2. The standard InChI is InChI=1S/C19H22FN5O2/c1-13-9-14(2)25(23-13)11-17-10-24(7-8-26-17)12-18-21-22-19(27-18)15-3-5-16(20)6-4-15/h3-6,9,17H,7-8,10-12H2,1-2H3. The van der Waals surface area contributed by atoms with Crippen molar-refractivity contribution in [2.45, 2.75) is 33.0 Å². The number of nitrogens with zero attached hydrogens (tertiary/aromatic N) is 5. The Labute approximate surface area is 156 Å². The fraction of sp³-hybridized carbons (Fsp3) is 0.421. The fourth-order valence-electron chi connectivity index (χ4n) is 3.31. The molecule has 1 unspecified atom stereocenters. The van der Waals surface area contributed by atoms with Gasteiger partial charge in [-0.3, -0.25) is 9.58 Å². The van der Waals surface area contributed by atoms with Crippen LogP contribution in [0, 0.1) is 19.7 Å². The molecule has 0 amide bonds. The average Bonchev–Trinajstić information content (AvgIpc) is 3.22. The molecule has 8 heteroatoms. The molecule has 27 heavy (non-hydrogen) atoms. The summed E-state index contributed by atoms with van der Waals surface area (Å²) in [5, 5.41) is 12.7. The summed E-state index contributed by atoms with van der Waals surface area (Å²) in [5.74, 6) is 0.652. The molecule has 142 valence electrons. The highest BCUT2D eigenvalue weighted by Gasteiger charge is 2.23. The highest BCUT2D eigenvalue weighted by molar-refractivity contribution is 5.51. The Kier molecular flexibility index (Phi) is 5.00. The lowest BCUT2D eigenvalue weighted by molar-refractivity contribution is -0.0425. The summed E-state index contributed by atoms with van der Waals surface area (Å²) in [7, 11) is 0. The molecule has 3 heterocycles. The lowest BCUT2D eigenvalue weighted by Crippen LogP contribution is -2.44. The van der Waals surface area contributed by atoms with Crippen molar-refractivity contribution in [1.29, 1.82) is 0 Å². The van der Waals surface area contributed by atoms with Crippen LogP contribution in [0.4, 0.5) is 4.39 Å². The van der Waals surface area contributed by atoms with Gasteiger partial charge in [0.25, 0.3) is 0 Å². The van der Waals surface area contributed by atoms with E-state index in [1.807, 2.05) is 11.6 Å². The minimum Gasteiger partial charge on any atom is -0.419 e. The van der Waals surface area contributed by atoms with Crippen LogP contribution in [0.2, 0.25) is 0 Å². The van der Waals surface area contributed by atoms with Crippen LogP contribution >= 0.6 is 0 Å². The summed E-state index contributed by atoms with van der Waals surface area (Å²) in [4.78, 5) is 2.24. The molecule has 1 saturated heterocycles. The zero-order chi connectivity index (χ0) is 18.8.